The van der Waals surface area contributed by atoms with Gasteiger partial charge in [-0.25, -0.2) is 0 Å². The molecule has 6 nitrogen and oxygen atoms in total. The van der Waals surface area contributed by atoms with Crippen LogP contribution in [-0.2, 0) is 24.7 Å². The highest BCUT2D eigenvalue weighted by molar-refractivity contribution is 6.16. The monoisotopic (exact) mass is 1830 g/mol. The van der Waals surface area contributed by atoms with Crippen molar-refractivity contribution in [2.45, 2.75) is 66.2 Å². The van der Waals surface area contributed by atoms with Crippen LogP contribution in [0.5, 0.6) is 0 Å². The summed E-state index contributed by atoms with van der Waals surface area (Å²) in [6.07, 6.45) is -20.9. The molecule has 0 atom stereocenters. The van der Waals surface area contributed by atoms with Crippen molar-refractivity contribution in [3.8, 4) is 135 Å². The number of rotatable bonds is 13. The molecule has 0 unspecified atom stereocenters. The maximum Gasteiger partial charge on any atom is 0.417 e. The third kappa shape index (κ3) is 14.5. The second kappa shape index (κ2) is 32.6. The zero-order chi connectivity index (χ0) is 95.6. The van der Waals surface area contributed by atoms with E-state index in [1.54, 1.807) is 22.8 Å². The average molecular weight is 1830 g/mol. The second-order valence-electron chi connectivity index (χ2n) is 35.6. The standard InChI is InChI=1S/C120H76F12N6/c1-67-19-7-11-23-85(67)75-35-47-107-97(53-75)98-56-78(38-48-108(98)135(107)111-63-101(91-45-39-83(117(121,122)123)61-103(91)119(127,128)129)115(59-81(111)65-133)136-109-49-36-76(86-24-12-8-20-68(86)2)54-99(109)100-55-77(37-50-110(100)136)87-25-13-9-21-69(87)3)89-41-31-73(51-71(89)5)74-32-42-90(72(6)52-74)80-34-44-95-93-27-15-17-29-105(93)137(113(95)58-80)112-64-102(92-46-40-84(118(124,125)126)62-104(92)120(130,131)132)116(60-82(112)66-134)138-106-30-18-16-28-94(106)96-43-33-79(57-114(96)138)88-26-14-10-22-70(88)4/h7-64H,1-6H3. The Morgan fingerprint density at radius 1 is 0.188 bits per heavy atom. The van der Waals surface area contributed by atoms with Gasteiger partial charge in [0.2, 0.25) is 0 Å². The van der Waals surface area contributed by atoms with Crippen LogP contribution in [0, 0.1) is 64.2 Å². The molecule has 0 fully saturated rings. The van der Waals surface area contributed by atoms with E-state index in [1.807, 2.05) is 316 Å². The van der Waals surface area contributed by atoms with E-state index >= 15 is 26.3 Å². The molecule has 4 aromatic heterocycles. The molecule has 0 spiro atoms. The van der Waals surface area contributed by atoms with Gasteiger partial charge in [0, 0.05) is 54.2 Å². The van der Waals surface area contributed by atoms with E-state index in [4.69, 9.17) is 0 Å². The Morgan fingerprint density at radius 2 is 0.449 bits per heavy atom. The van der Waals surface area contributed by atoms with Gasteiger partial charge in [-0.15, -0.1) is 0 Å². The van der Waals surface area contributed by atoms with Gasteiger partial charge in [-0.3, -0.25) is 0 Å². The van der Waals surface area contributed by atoms with Gasteiger partial charge in [0.15, 0.2) is 0 Å². The van der Waals surface area contributed by atoms with Gasteiger partial charge >= 0.3 is 24.7 Å². The van der Waals surface area contributed by atoms with E-state index in [2.05, 4.69) is 36.4 Å². The number of benzene rings is 18. The van der Waals surface area contributed by atoms with Gasteiger partial charge in [0.1, 0.15) is 12.1 Å². The number of fused-ring (bicyclic) bond motifs is 12. The van der Waals surface area contributed by atoms with Crippen molar-refractivity contribution in [1.82, 2.24) is 18.3 Å². The summed E-state index contributed by atoms with van der Waals surface area (Å²) in [7, 11) is 0. The number of nitrogens with zero attached hydrogens (tertiary/aromatic N) is 6. The molecule has 0 radical (unpaired) electrons. The lowest BCUT2D eigenvalue weighted by Gasteiger charge is -2.22. The number of aromatic nitrogens is 4. The van der Waals surface area contributed by atoms with E-state index < -0.39 is 58.1 Å². The molecule has 22 rings (SSSR count). The van der Waals surface area contributed by atoms with Gasteiger partial charge < -0.3 is 18.3 Å². The van der Waals surface area contributed by atoms with Gasteiger partial charge in [0.25, 0.3) is 0 Å². The molecule has 0 saturated carbocycles. The van der Waals surface area contributed by atoms with Crippen molar-refractivity contribution in [3.63, 3.8) is 0 Å². The van der Waals surface area contributed by atoms with E-state index in [9.17, 15) is 36.9 Å². The normalized spacial score (nSPS) is 12.3. The second-order valence-corrected chi connectivity index (χ2v) is 35.6. The molecule has 0 bridgehead atoms. The van der Waals surface area contributed by atoms with E-state index in [-0.39, 0.29) is 57.1 Å². The Bertz CT molecular complexity index is 8910. The first-order valence-electron chi connectivity index (χ1n) is 44.8. The van der Waals surface area contributed by atoms with Crippen LogP contribution in [0.15, 0.2) is 352 Å². The highest BCUT2D eigenvalue weighted by atomic mass is 19.4. The van der Waals surface area contributed by atoms with Crippen LogP contribution < -0.4 is 0 Å². The van der Waals surface area contributed by atoms with Crippen molar-refractivity contribution in [3.05, 3.63) is 419 Å². The Hall–Kier alpha value is -16.7. The Balaban J connectivity index is 0.674. The molecule has 4 heterocycles. The quantitative estimate of drug-likeness (QED) is 0.108. The molecule has 0 aliphatic carbocycles. The van der Waals surface area contributed by atoms with Crippen LogP contribution >= 0.6 is 0 Å². The van der Waals surface area contributed by atoms with Gasteiger partial charge in [-0.2, -0.15) is 63.2 Å². The first-order chi connectivity index (χ1) is 66.3. The largest absolute Gasteiger partial charge is 0.417 e. The summed E-state index contributed by atoms with van der Waals surface area (Å²) in [4.78, 5) is 0. The summed E-state index contributed by atoms with van der Waals surface area (Å²) in [5.74, 6) is 0. The minimum atomic E-state index is -5.32. The van der Waals surface area contributed by atoms with Crippen LogP contribution in [0.25, 0.3) is 210 Å². The molecule has 0 N–H and O–H groups in total. The zero-order valence-electron chi connectivity index (χ0n) is 74.7. The maximum absolute atomic E-state index is 16.2. The summed E-state index contributed by atoms with van der Waals surface area (Å²) in [5, 5.41) is 29.4. The highest BCUT2D eigenvalue weighted by Crippen LogP contribution is 2.53. The lowest BCUT2D eigenvalue weighted by Crippen LogP contribution is -2.13. The number of hydrogen-bond donors (Lipinski definition) is 0. The Kier molecular flexibility index (Phi) is 20.5. The van der Waals surface area contributed by atoms with Crippen molar-refractivity contribution in [2.75, 3.05) is 0 Å². The maximum atomic E-state index is 16.2. The third-order valence-corrected chi connectivity index (χ3v) is 27.4. The van der Waals surface area contributed by atoms with Crippen LogP contribution in [-0.4, -0.2) is 18.3 Å². The molecular weight excluding hydrogens is 1750 g/mol. The predicted molar refractivity (Wildman–Crippen MR) is 531 cm³/mol. The number of hydrogen-bond acceptors (Lipinski definition) is 2. The molecule has 18 heteroatoms. The molecule has 670 valence electrons. The molecule has 18 aromatic carbocycles. The fourth-order valence-corrected chi connectivity index (χ4v) is 20.8. The van der Waals surface area contributed by atoms with Crippen molar-refractivity contribution in [2.24, 2.45) is 0 Å². The van der Waals surface area contributed by atoms with Crippen LogP contribution in [0.4, 0.5) is 52.7 Å². The molecule has 138 heavy (non-hydrogen) atoms. The average Bonchev–Trinajstić information content (AvgIpc) is 1.54. The van der Waals surface area contributed by atoms with Crippen LogP contribution in [0.2, 0.25) is 0 Å². The van der Waals surface area contributed by atoms with Crippen LogP contribution in [0.1, 0.15) is 66.8 Å². The highest BCUT2D eigenvalue weighted by Gasteiger charge is 2.42. The SMILES string of the molecule is Cc1ccccc1-c1ccc2c(c1)c1cc(-c3ccc(-c4ccc(-c5ccc6c7ccccc7n(-c7cc(-c8ccc(C(F)(F)F)cc8C(F)(F)F)c(-n8c9ccccc9c9ccc(-c%10ccccc%10C)cc98)cc7C#N)c6c5)c(C)c4)cc3C)ccc1n2-c1cc(-c2ccc(C(F)(F)F)cc2C(F)(F)F)c(-n2c3ccc(-c4ccccc4C)cc3c3cc(-c4ccccc4C)ccc32)cc1C#N. The molecule has 0 amide bonds. The lowest BCUT2D eigenvalue weighted by atomic mass is 9.92. The van der Waals surface area contributed by atoms with Crippen molar-refractivity contribution in [1.29, 1.82) is 10.5 Å². The van der Waals surface area contributed by atoms with Crippen LogP contribution in [0.3, 0.4) is 0 Å². The first-order valence-corrected chi connectivity index (χ1v) is 44.8. The topological polar surface area (TPSA) is 67.3 Å². The molecule has 22 aromatic rings. The van der Waals surface area contributed by atoms with Gasteiger partial charge in [-0.05, 0) is 285 Å². The molecule has 0 aliphatic heterocycles. The number of aryl methyl sites for hydroxylation is 6. The summed E-state index contributed by atoms with van der Waals surface area (Å²) in [6.45, 7) is 12.0. The van der Waals surface area contributed by atoms with Crippen molar-refractivity contribution >= 4 is 87.2 Å². The summed E-state index contributed by atoms with van der Waals surface area (Å²) >= 11 is 0. The first kappa shape index (κ1) is 86.7. The summed E-state index contributed by atoms with van der Waals surface area (Å²) in [6, 6.07) is 109. The Labute approximate surface area is 783 Å². The summed E-state index contributed by atoms with van der Waals surface area (Å²) in [5.41, 5.74) is 16.0. The lowest BCUT2D eigenvalue weighted by molar-refractivity contribution is -0.144. The van der Waals surface area contributed by atoms with Gasteiger partial charge in [-0.1, -0.05) is 231 Å². The smallest absolute Gasteiger partial charge is 0.309 e. The van der Waals surface area contributed by atoms with Crippen molar-refractivity contribution < 1.29 is 52.7 Å². The van der Waals surface area contributed by atoms with Gasteiger partial charge in [0.05, 0.1) is 100 Å². The summed E-state index contributed by atoms with van der Waals surface area (Å²) < 4.78 is 192. The van der Waals surface area contributed by atoms with E-state index in [1.165, 1.54) is 12.1 Å². The minimum Gasteiger partial charge on any atom is -0.309 e. The number of nitriles is 2. The van der Waals surface area contributed by atoms with E-state index in [0.717, 1.165) is 166 Å². The number of halogens is 12. The number of alkyl halides is 12. The third-order valence-electron chi connectivity index (χ3n) is 27.4. The fourth-order valence-electron chi connectivity index (χ4n) is 20.8. The molecular formula is C120H76F12N6. The minimum absolute atomic E-state index is 0.0503. The number of para-hydroxylation sites is 2. The Morgan fingerprint density at radius 3 is 0.768 bits per heavy atom. The van der Waals surface area contributed by atoms with E-state index in [0.29, 0.717) is 56.3 Å². The molecule has 0 saturated heterocycles. The predicted octanol–water partition coefficient (Wildman–Crippen LogP) is 34.7. The zero-order valence-corrected chi connectivity index (χ0v) is 74.7. The molecule has 0 aliphatic rings. The fraction of sp³-hybridized carbons (Fsp3) is 0.0833.